The standard InChI is InChI=1S/C36H43N5O3/c1-24-30(11-9-12-31(24)39-34(42)25-13-15-26(16-14-25)36(2,3)4)32-22-41(6)35(43)33(38-32)37-27-17-19-29(20-18-27)44-23-28-10-7-8-21-40(28)5/h9,11-20,22,28H,7-8,10,21,23H2,1-6H3,(H,37,38)(H,39,42). The van der Waals surface area contributed by atoms with Crippen molar-refractivity contribution in [2.24, 2.45) is 7.05 Å². The Hall–Kier alpha value is -4.43. The lowest BCUT2D eigenvalue weighted by Gasteiger charge is -2.32. The van der Waals surface area contributed by atoms with Crippen molar-refractivity contribution in [3.05, 3.63) is 100.0 Å². The van der Waals surface area contributed by atoms with Crippen molar-refractivity contribution in [3.63, 3.8) is 0 Å². The largest absolute Gasteiger partial charge is 0.492 e. The highest BCUT2D eigenvalue weighted by Crippen LogP contribution is 2.29. The van der Waals surface area contributed by atoms with E-state index >= 15 is 0 Å². The molecule has 1 saturated heterocycles. The molecule has 1 aliphatic heterocycles. The summed E-state index contributed by atoms with van der Waals surface area (Å²) in [4.78, 5) is 33.2. The van der Waals surface area contributed by atoms with Gasteiger partial charge < -0.3 is 24.8 Å². The third-order valence-electron chi connectivity index (χ3n) is 8.42. The van der Waals surface area contributed by atoms with E-state index < -0.39 is 0 Å². The molecule has 1 atom stereocenters. The van der Waals surface area contributed by atoms with Gasteiger partial charge in [-0.3, -0.25) is 9.59 Å². The fraction of sp³-hybridized carbons (Fsp3) is 0.361. The zero-order valence-electron chi connectivity index (χ0n) is 26.6. The first-order chi connectivity index (χ1) is 21.0. The molecule has 1 aromatic heterocycles. The highest BCUT2D eigenvalue weighted by Gasteiger charge is 2.20. The lowest BCUT2D eigenvalue weighted by atomic mass is 9.86. The molecule has 2 N–H and O–H groups in total. The number of hydrogen-bond donors (Lipinski definition) is 2. The Balaban J connectivity index is 1.31. The maximum absolute atomic E-state index is 13.1. The number of anilines is 3. The molecule has 2 heterocycles. The van der Waals surface area contributed by atoms with Crippen LogP contribution in [0.2, 0.25) is 0 Å². The zero-order chi connectivity index (χ0) is 31.4. The van der Waals surface area contributed by atoms with Crippen molar-refractivity contribution in [1.82, 2.24) is 14.5 Å². The second-order valence-electron chi connectivity index (χ2n) is 12.7. The summed E-state index contributed by atoms with van der Waals surface area (Å²) >= 11 is 0. The molecule has 1 amide bonds. The van der Waals surface area contributed by atoms with E-state index in [2.05, 4.69) is 43.4 Å². The van der Waals surface area contributed by atoms with Gasteiger partial charge >= 0.3 is 0 Å². The molecule has 3 aromatic carbocycles. The number of benzene rings is 3. The van der Waals surface area contributed by atoms with Gasteiger partial charge in [0.25, 0.3) is 11.5 Å². The quantitative estimate of drug-likeness (QED) is 0.231. The average molecular weight is 594 g/mol. The van der Waals surface area contributed by atoms with Crippen molar-refractivity contribution < 1.29 is 9.53 Å². The third-order valence-corrected chi connectivity index (χ3v) is 8.42. The number of likely N-dealkylation sites (N-methyl/N-ethyl adjacent to an activating group) is 1. The van der Waals surface area contributed by atoms with Crippen LogP contribution in [0.15, 0.2) is 77.7 Å². The van der Waals surface area contributed by atoms with E-state index in [9.17, 15) is 9.59 Å². The van der Waals surface area contributed by atoms with Crippen LogP contribution >= 0.6 is 0 Å². The van der Waals surface area contributed by atoms with E-state index in [0.29, 0.717) is 29.6 Å². The number of hydrogen-bond acceptors (Lipinski definition) is 6. The predicted molar refractivity (Wildman–Crippen MR) is 178 cm³/mol. The van der Waals surface area contributed by atoms with Crippen molar-refractivity contribution in [1.29, 1.82) is 0 Å². The molecule has 0 bridgehead atoms. The number of nitrogens with one attached hydrogen (secondary N) is 2. The first-order valence-corrected chi connectivity index (χ1v) is 15.3. The molecule has 8 heteroatoms. The molecule has 1 unspecified atom stereocenters. The maximum Gasteiger partial charge on any atom is 0.293 e. The van der Waals surface area contributed by atoms with E-state index in [1.54, 1.807) is 13.2 Å². The van der Waals surface area contributed by atoms with E-state index in [1.165, 1.54) is 23.0 Å². The lowest BCUT2D eigenvalue weighted by Crippen LogP contribution is -2.40. The Bertz CT molecular complexity index is 1670. The molecule has 44 heavy (non-hydrogen) atoms. The van der Waals surface area contributed by atoms with Gasteiger partial charge in [-0.2, -0.15) is 0 Å². The van der Waals surface area contributed by atoms with Crippen molar-refractivity contribution in [2.45, 2.75) is 58.4 Å². The fourth-order valence-corrected chi connectivity index (χ4v) is 5.50. The smallest absolute Gasteiger partial charge is 0.293 e. The number of aryl methyl sites for hydroxylation is 1. The summed E-state index contributed by atoms with van der Waals surface area (Å²) in [6.07, 6.45) is 5.36. The molecule has 0 radical (unpaired) electrons. The summed E-state index contributed by atoms with van der Waals surface area (Å²) in [6, 6.07) is 21.4. The van der Waals surface area contributed by atoms with Crippen LogP contribution < -0.4 is 20.9 Å². The van der Waals surface area contributed by atoms with Gasteiger partial charge in [0.1, 0.15) is 12.4 Å². The number of carbonyl (C=O) groups is 1. The van der Waals surface area contributed by atoms with Crippen LogP contribution in [0, 0.1) is 6.92 Å². The van der Waals surface area contributed by atoms with Gasteiger partial charge in [0.15, 0.2) is 5.82 Å². The molecule has 0 aliphatic carbocycles. The van der Waals surface area contributed by atoms with Gasteiger partial charge in [-0.25, -0.2) is 4.98 Å². The zero-order valence-corrected chi connectivity index (χ0v) is 26.6. The van der Waals surface area contributed by atoms with E-state index in [4.69, 9.17) is 9.72 Å². The van der Waals surface area contributed by atoms with Crippen LogP contribution in [0.25, 0.3) is 11.3 Å². The van der Waals surface area contributed by atoms with Crippen molar-refractivity contribution in [3.8, 4) is 17.0 Å². The summed E-state index contributed by atoms with van der Waals surface area (Å²) in [5.74, 6) is 0.832. The second-order valence-corrected chi connectivity index (χ2v) is 12.7. The molecule has 5 rings (SSSR count). The van der Waals surface area contributed by atoms with Crippen LogP contribution in [0.4, 0.5) is 17.2 Å². The van der Waals surface area contributed by atoms with Crippen LogP contribution in [-0.4, -0.2) is 46.6 Å². The highest BCUT2D eigenvalue weighted by molar-refractivity contribution is 6.05. The van der Waals surface area contributed by atoms with Crippen LogP contribution in [0.3, 0.4) is 0 Å². The molecule has 1 fully saturated rings. The Morgan fingerprint density at radius 2 is 1.73 bits per heavy atom. The average Bonchev–Trinajstić information content (AvgIpc) is 3.00. The molecule has 0 spiro atoms. The predicted octanol–water partition coefficient (Wildman–Crippen LogP) is 6.91. The van der Waals surface area contributed by atoms with Gasteiger partial charge in [0.2, 0.25) is 0 Å². The monoisotopic (exact) mass is 593 g/mol. The summed E-state index contributed by atoms with van der Waals surface area (Å²) in [7, 11) is 3.86. The van der Waals surface area contributed by atoms with Crippen LogP contribution in [0.5, 0.6) is 5.75 Å². The Labute approximate surface area is 260 Å². The van der Waals surface area contributed by atoms with Crippen molar-refractivity contribution >= 4 is 23.1 Å². The molecule has 1 aliphatic rings. The number of ether oxygens (including phenoxy) is 1. The van der Waals surface area contributed by atoms with Crippen molar-refractivity contribution in [2.75, 3.05) is 30.8 Å². The molecule has 8 nitrogen and oxygen atoms in total. The van der Waals surface area contributed by atoms with Crippen LogP contribution in [0.1, 0.15) is 61.5 Å². The van der Waals surface area contributed by atoms with Gasteiger partial charge in [-0.15, -0.1) is 0 Å². The Kier molecular flexibility index (Phi) is 9.20. The second kappa shape index (κ2) is 13.1. The number of rotatable bonds is 8. The summed E-state index contributed by atoms with van der Waals surface area (Å²) in [5, 5.41) is 6.24. The molecule has 230 valence electrons. The Morgan fingerprint density at radius 3 is 2.41 bits per heavy atom. The molecule has 0 saturated carbocycles. The number of amides is 1. The molecule has 4 aromatic rings. The van der Waals surface area contributed by atoms with Gasteiger partial charge in [0.05, 0.1) is 5.69 Å². The van der Waals surface area contributed by atoms with E-state index in [0.717, 1.165) is 35.5 Å². The first-order valence-electron chi connectivity index (χ1n) is 15.3. The number of piperidine rings is 1. The summed E-state index contributed by atoms with van der Waals surface area (Å²) in [5.41, 5.74) is 5.26. The third kappa shape index (κ3) is 7.19. The number of carbonyl (C=O) groups excluding carboxylic acids is 1. The number of likely N-dealkylation sites (tertiary alicyclic amines) is 1. The first kappa shape index (κ1) is 31.0. The van der Waals surface area contributed by atoms with Gasteiger partial charge in [-0.1, -0.05) is 51.5 Å². The Morgan fingerprint density at radius 1 is 1.00 bits per heavy atom. The normalized spacial score (nSPS) is 15.5. The molecular weight excluding hydrogens is 550 g/mol. The SMILES string of the molecule is Cc1c(NC(=O)c2ccc(C(C)(C)C)cc2)cccc1-c1cn(C)c(=O)c(Nc2ccc(OCC3CCCCN3C)cc2)n1. The minimum Gasteiger partial charge on any atom is -0.492 e. The lowest BCUT2D eigenvalue weighted by molar-refractivity contribution is 0.102. The fourth-order valence-electron chi connectivity index (χ4n) is 5.50. The molecular formula is C36H43N5O3. The van der Waals surface area contributed by atoms with Gasteiger partial charge in [-0.05, 0) is 92.4 Å². The number of aromatic nitrogens is 2. The summed E-state index contributed by atoms with van der Waals surface area (Å²) in [6.45, 7) is 10.2. The minimum atomic E-state index is -0.241. The van der Waals surface area contributed by atoms with Crippen LogP contribution in [-0.2, 0) is 12.5 Å². The highest BCUT2D eigenvalue weighted by atomic mass is 16.5. The summed E-state index contributed by atoms with van der Waals surface area (Å²) < 4.78 is 7.58. The number of nitrogens with zero attached hydrogens (tertiary/aromatic N) is 3. The minimum absolute atomic E-state index is 0.0138. The van der Waals surface area contributed by atoms with E-state index in [1.807, 2.05) is 73.7 Å². The van der Waals surface area contributed by atoms with Gasteiger partial charge in [0, 0.05) is 41.8 Å². The van der Waals surface area contributed by atoms with E-state index in [-0.39, 0.29) is 22.7 Å². The topological polar surface area (TPSA) is 88.5 Å². The maximum atomic E-state index is 13.1.